The summed E-state index contributed by atoms with van der Waals surface area (Å²) in [4.78, 5) is 1.78. The number of rotatable bonds is 2. The summed E-state index contributed by atoms with van der Waals surface area (Å²) < 4.78 is 46.7. The third-order valence-electron chi connectivity index (χ3n) is 3.41. The zero-order valence-electron chi connectivity index (χ0n) is 10.1. The van der Waals surface area contributed by atoms with Crippen LogP contribution in [0.3, 0.4) is 0 Å². The first-order valence-electron chi connectivity index (χ1n) is 5.69. The topological polar surface area (TPSA) is 97.5 Å². The SMILES string of the molecule is CS(=O)(=O)C1CSCCN1C1CS(=O)(=O)CC1N. The lowest BCUT2D eigenvalue weighted by molar-refractivity contribution is 0.195. The summed E-state index contributed by atoms with van der Waals surface area (Å²) in [5.74, 6) is 1.24. The highest BCUT2D eigenvalue weighted by Gasteiger charge is 2.44. The van der Waals surface area contributed by atoms with Crippen molar-refractivity contribution in [2.24, 2.45) is 5.73 Å². The molecule has 0 bridgehead atoms. The number of hydrogen-bond acceptors (Lipinski definition) is 7. The van der Waals surface area contributed by atoms with E-state index in [0.717, 1.165) is 5.75 Å². The maximum atomic E-state index is 11.8. The first kappa shape index (κ1) is 14.6. The molecule has 0 saturated carbocycles. The Kier molecular flexibility index (Phi) is 3.99. The lowest BCUT2D eigenvalue weighted by Crippen LogP contribution is -2.57. The monoisotopic (exact) mass is 314 g/mol. The van der Waals surface area contributed by atoms with Gasteiger partial charge < -0.3 is 5.73 Å². The summed E-state index contributed by atoms with van der Waals surface area (Å²) in [5.41, 5.74) is 5.87. The highest BCUT2D eigenvalue weighted by atomic mass is 32.2. The van der Waals surface area contributed by atoms with Gasteiger partial charge in [-0.25, -0.2) is 16.8 Å². The average Bonchev–Trinajstić information content (AvgIpc) is 2.51. The molecular weight excluding hydrogens is 296 g/mol. The van der Waals surface area contributed by atoms with Gasteiger partial charge in [0.1, 0.15) is 5.37 Å². The van der Waals surface area contributed by atoms with Crippen molar-refractivity contribution in [1.29, 1.82) is 0 Å². The van der Waals surface area contributed by atoms with Crippen LogP contribution in [0.5, 0.6) is 0 Å². The summed E-state index contributed by atoms with van der Waals surface area (Å²) >= 11 is 1.58. The second-order valence-corrected chi connectivity index (χ2v) is 10.4. The molecule has 6 nitrogen and oxygen atoms in total. The zero-order valence-corrected chi connectivity index (χ0v) is 12.6. The molecule has 3 atom stereocenters. The maximum Gasteiger partial charge on any atom is 0.164 e. The first-order chi connectivity index (χ1) is 8.21. The number of sulfone groups is 2. The number of thioether (sulfide) groups is 1. The molecule has 2 rings (SSSR count). The molecule has 2 aliphatic rings. The molecule has 106 valence electrons. The molecule has 2 heterocycles. The molecule has 2 N–H and O–H groups in total. The van der Waals surface area contributed by atoms with Crippen molar-refractivity contribution in [2.75, 3.05) is 35.8 Å². The van der Waals surface area contributed by atoms with E-state index in [0.29, 0.717) is 12.3 Å². The van der Waals surface area contributed by atoms with Gasteiger partial charge in [-0.05, 0) is 0 Å². The molecule has 0 aromatic carbocycles. The van der Waals surface area contributed by atoms with Crippen molar-refractivity contribution < 1.29 is 16.8 Å². The van der Waals surface area contributed by atoms with Gasteiger partial charge in [-0.2, -0.15) is 11.8 Å². The second kappa shape index (κ2) is 4.93. The molecule has 2 saturated heterocycles. The summed E-state index contributed by atoms with van der Waals surface area (Å²) in [5, 5.41) is -0.611. The molecule has 0 aromatic rings. The predicted molar refractivity (Wildman–Crippen MR) is 73.1 cm³/mol. The molecule has 2 aliphatic heterocycles. The van der Waals surface area contributed by atoms with Gasteiger partial charge in [0.15, 0.2) is 19.7 Å². The molecule has 0 amide bonds. The smallest absolute Gasteiger partial charge is 0.164 e. The quantitative estimate of drug-likeness (QED) is 0.664. The van der Waals surface area contributed by atoms with Gasteiger partial charge in [-0.3, -0.25) is 4.90 Å². The Hall–Kier alpha value is 0.170. The highest BCUT2D eigenvalue weighted by Crippen LogP contribution is 2.27. The normalized spacial score (nSPS) is 37.8. The largest absolute Gasteiger partial charge is 0.325 e. The zero-order chi connectivity index (χ0) is 13.6. The van der Waals surface area contributed by atoms with Crippen LogP contribution in [-0.4, -0.2) is 75.0 Å². The van der Waals surface area contributed by atoms with Gasteiger partial charge in [0.05, 0.1) is 11.5 Å². The minimum absolute atomic E-state index is 0.0230. The van der Waals surface area contributed by atoms with Crippen molar-refractivity contribution in [3.63, 3.8) is 0 Å². The van der Waals surface area contributed by atoms with Gasteiger partial charge in [-0.1, -0.05) is 0 Å². The summed E-state index contributed by atoms with van der Waals surface area (Å²) in [6, 6.07) is -0.849. The second-order valence-electron chi connectivity index (χ2n) is 4.91. The summed E-state index contributed by atoms with van der Waals surface area (Å²) in [6.07, 6.45) is 1.20. The van der Waals surface area contributed by atoms with E-state index in [2.05, 4.69) is 0 Å². The fraction of sp³-hybridized carbons (Fsp3) is 1.00. The van der Waals surface area contributed by atoms with Gasteiger partial charge >= 0.3 is 0 Å². The van der Waals surface area contributed by atoms with Crippen molar-refractivity contribution >= 4 is 31.4 Å². The molecule has 0 aromatic heterocycles. The van der Waals surface area contributed by atoms with E-state index in [1.807, 2.05) is 0 Å². The summed E-state index contributed by atoms with van der Waals surface area (Å²) in [6.45, 7) is 0.580. The van der Waals surface area contributed by atoms with Crippen molar-refractivity contribution in [3.05, 3.63) is 0 Å². The summed E-state index contributed by atoms with van der Waals surface area (Å²) in [7, 11) is -6.35. The van der Waals surface area contributed by atoms with E-state index < -0.39 is 31.1 Å². The van der Waals surface area contributed by atoms with E-state index in [1.165, 1.54) is 6.26 Å². The molecule has 3 unspecified atom stereocenters. The van der Waals surface area contributed by atoms with E-state index >= 15 is 0 Å². The van der Waals surface area contributed by atoms with Crippen LogP contribution in [0.4, 0.5) is 0 Å². The third kappa shape index (κ3) is 3.01. The number of hydrogen-bond donors (Lipinski definition) is 1. The lowest BCUT2D eigenvalue weighted by atomic mass is 10.1. The van der Waals surface area contributed by atoms with Gasteiger partial charge in [-0.15, -0.1) is 0 Å². The Balaban J connectivity index is 2.25. The Morgan fingerprint density at radius 1 is 1.33 bits per heavy atom. The molecule has 0 radical (unpaired) electrons. The average molecular weight is 314 g/mol. The van der Waals surface area contributed by atoms with Gasteiger partial charge in [0.2, 0.25) is 0 Å². The maximum absolute atomic E-state index is 11.8. The molecular formula is C9H18N2O4S3. The van der Waals surface area contributed by atoms with E-state index in [-0.39, 0.29) is 17.5 Å². The van der Waals surface area contributed by atoms with Crippen LogP contribution in [0, 0.1) is 0 Å². The van der Waals surface area contributed by atoms with Gasteiger partial charge in [0.25, 0.3) is 0 Å². The third-order valence-corrected chi connectivity index (χ3v) is 7.81. The Labute approximate surface area is 112 Å². The van der Waals surface area contributed by atoms with Crippen LogP contribution in [0.1, 0.15) is 0 Å². The molecule has 18 heavy (non-hydrogen) atoms. The van der Waals surface area contributed by atoms with Crippen LogP contribution in [0.2, 0.25) is 0 Å². The lowest BCUT2D eigenvalue weighted by Gasteiger charge is -2.39. The van der Waals surface area contributed by atoms with E-state index in [1.54, 1.807) is 16.7 Å². The van der Waals surface area contributed by atoms with Crippen molar-refractivity contribution in [2.45, 2.75) is 17.5 Å². The Morgan fingerprint density at radius 2 is 2.00 bits per heavy atom. The Bertz CT molecular complexity index is 516. The van der Waals surface area contributed by atoms with E-state index in [9.17, 15) is 16.8 Å². The first-order valence-corrected chi connectivity index (χ1v) is 10.6. The minimum atomic E-state index is -3.22. The fourth-order valence-corrected chi connectivity index (χ4v) is 7.38. The van der Waals surface area contributed by atoms with Crippen LogP contribution < -0.4 is 5.73 Å². The van der Waals surface area contributed by atoms with Crippen LogP contribution in [-0.2, 0) is 19.7 Å². The van der Waals surface area contributed by atoms with Crippen molar-refractivity contribution in [1.82, 2.24) is 4.90 Å². The predicted octanol–water partition coefficient (Wildman–Crippen LogP) is -1.47. The number of nitrogens with zero attached hydrogens (tertiary/aromatic N) is 1. The minimum Gasteiger partial charge on any atom is -0.325 e. The molecule has 0 aliphatic carbocycles. The fourth-order valence-electron chi connectivity index (χ4n) is 2.54. The molecule has 9 heteroatoms. The van der Waals surface area contributed by atoms with Crippen LogP contribution in [0.15, 0.2) is 0 Å². The highest BCUT2D eigenvalue weighted by molar-refractivity contribution is 8.00. The van der Waals surface area contributed by atoms with Crippen molar-refractivity contribution in [3.8, 4) is 0 Å². The van der Waals surface area contributed by atoms with E-state index in [4.69, 9.17) is 5.73 Å². The Morgan fingerprint density at radius 3 is 2.50 bits per heavy atom. The van der Waals surface area contributed by atoms with Crippen LogP contribution in [0.25, 0.3) is 0 Å². The van der Waals surface area contributed by atoms with Gasteiger partial charge in [0, 0.05) is 36.4 Å². The standard InChI is InChI=1S/C9H18N2O4S3/c1-17(12,13)9-4-16-3-2-11(9)8-6-18(14,15)5-7(8)10/h7-9H,2-6,10H2,1H3. The molecule has 2 fully saturated rings. The number of nitrogens with two attached hydrogens (primary N) is 1. The molecule has 0 spiro atoms. The van der Waals surface area contributed by atoms with Crippen LogP contribution >= 0.6 is 11.8 Å².